The molecular weight excluding hydrogens is 228 g/mol. The zero-order valence-electron chi connectivity index (χ0n) is 7.63. The lowest BCUT2D eigenvalue weighted by Gasteiger charge is -2.19. The molecular formula is C10H11BrN2. The monoisotopic (exact) mass is 238 g/mol. The van der Waals surface area contributed by atoms with Gasteiger partial charge in [0.25, 0.3) is 0 Å². The summed E-state index contributed by atoms with van der Waals surface area (Å²) in [6, 6.07) is 3.80. The van der Waals surface area contributed by atoms with Crippen LogP contribution in [-0.4, -0.2) is 10.5 Å². The smallest absolute Gasteiger partial charge is 0.127 e. The summed E-state index contributed by atoms with van der Waals surface area (Å²) in [5.74, 6) is 3.43. The Morgan fingerprint density at radius 1 is 1.54 bits per heavy atom. The molecule has 0 radical (unpaired) electrons. The molecule has 0 aliphatic carbocycles. The van der Waals surface area contributed by atoms with Crippen LogP contribution in [0.25, 0.3) is 0 Å². The first kappa shape index (κ1) is 10.1. The van der Waals surface area contributed by atoms with Gasteiger partial charge in [-0.1, -0.05) is 5.92 Å². The Morgan fingerprint density at radius 2 is 2.23 bits per heavy atom. The van der Waals surface area contributed by atoms with E-state index in [9.17, 15) is 0 Å². The predicted octanol–water partition coefficient (Wildman–Crippen LogP) is 2.67. The van der Waals surface area contributed by atoms with Gasteiger partial charge in [-0.3, -0.25) is 0 Å². The summed E-state index contributed by atoms with van der Waals surface area (Å²) in [6.07, 6.45) is 7.07. The van der Waals surface area contributed by atoms with Gasteiger partial charge in [0.2, 0.25) is 0 Å². The predicted molar refractivity (Wildman–Crippen MR) is 58.5 cm³/mol. The summed E-state index contributed by atoms with van der Waals surface area (Å²) in [7, 11) is 0. The number of aromatic nitrogens is 1. The second kappa shape index (κ2) is 3.80. The van der Waals surface area contributed by atoms with E-state index in [1.807, 2.05) is 26.0 Å². The van der Waals surface area contributed by atoms with E-state index in [2.05, 4.69) is 32.2 Å². The Kier molecular flexibility index (Phi) is 2.94. The molecule has 1 aromatic heterocycles. The molecule has 0 amide bonds. The van der Waals surface area contributed by atoms with Gasteiger partial charge < -0.3 is 5.32 Å². The highest BCUT2D eigenvalue weighted by Crippen LogP contribution is 2.14. The molecule has 1 N–H and O–H groups in total. The second-order valence-corrected chi connectivity index (χ2v) is 4.17. The van der Waals surface area contributed by atoms with Crippen molar-refractivity contribution in [3.8, 4) is 12.3 Å². The molecule has 1 heterocycles. The van der Waals surface area contributed by atoms with Gasteiger partial charge in [-0.05, 0) is 41.9 Å². The van der Waals surface area contributed by atoms with E-state index < -0.39 is 0 Å². The van der Waals surface area contributed by atoms with Gasteiger partial charge in [-0.25, -0.2) is 4.98 Å². The molecule has 2 nitrogen and oxygen atoms in total. The number of pyridine rings is 1. The van der Waals surface area contributed by atoms with Crippen LogP contribution >= 0.6 is 15.9 Å². The van der Waals surface area contributed by atoms with Crippen molar-refractivity contribution in [1.82, 2.24) is 4.98 Å². The lowest BCUT2D eigenvalue weighted by Crippen LogP contribution is -2.28. The zero-order chi connectivity index (χ0) is 9.90. The summed E-state index contributed by atoms with van der Waals surface area (Å²) in [6.45, 7) is 3.85. The largest absolute Gasteiger partial charge is 0.354 e. The Hall–Kier alpha value is -1.01. The number of hydrogen-bond donors (Lipinski definition) is 1. The fourth-order valence-corrected chi connectivity index (χ4v) is 1.04. The minimum absolute atomic E-state index is 0.360. The Balaban J connectivity index is 2.77. The quantitative estimate of drug-likeness (QED) is 0.802. The minimum Gasteiger partial charge on any atom is -0.354 e. The SMILES string of the molecule is C#CC(C)(C)Nc1ccc(Br)cn1. The third-order valence-corrected chi connectivity index (χ3v) is 2.00. The van der Waals surface area contributed by atoms with Crippen molar-refractivity contribution < 1.29 is 0 Å². The number of nitrogens with zero attached hydrogens (tertiary/aromatic N) is 1. The highest BCUT2D eigenvalue weighted by Gasteiger charge is 2.12. The highest BCUT2D eigenvalue weighted by atomic mass is 79.9. The third-order valence-electron chi connectivity index (χ3n) is 1.53. The highest BCUT2D eigenvalue weighted by molar-refractivity contribution is 9.10. The van der Waals surface area contributed by atoms with Gasteiger partial charge in [0, 0.05) is 10.7 Å². The van der Waals surface area contributed by atoms with E-state index in [-0.39, 0.29) is 5.54 Å². The summed E-state index contributed by atoms with van der Waals surface area (Å²) < 4.78 is 0.955. The number of nitrogens with one attached hydrogen (secondary N) is 1. The van der Waals surface area contributed by atoms with Crippen molar-refractivity contribution in [3.05, 3.63) is 22.8 Å². The Bertz CT molecular complexity index is 322. The lowest BCUT2D eigenvalue weighted by atomic mass is 10.1. The van der Waals surface area contributed by atoms with Gasteiger partial charge in [-0.15, -0.1) is 6.42 Å². The minimum atomic E-state index is -0.360. The van der Waals surface area contributed by atoms with Gasteiger partial charge in [0.1, 0.15) is 5.82 Å². The molecule has 0 unspecified atom stereocenters. The molecule has 0 fully saturated rings. The van der Waals surface area contributed by atoms with E-state index in [0.717, 1.165) is 10.3 Å². The lowest BCUT2D eigenvalue weighted by molar-refractivity contribution is 0.736. The fraction of sp³-hybridized carbons (Fsp3) is 0.300. The topological polar surface area (TPSA) is 24.9 Å². The summed E-state index contributed by atoms with van der Waals surface area (Å²) in [5.41, 5.74) is -0.360. The normalized spacial score (nSPS) is 10.6. The number of terminal acetylenes is 1. The van der Waals surface area contributed by atoms with E-state index in [1.165, 1.54) is 0 Å². The number of halogens is 1. The van der Waals surface area contributed by atoms with Gasteiger partial charge in [0.15, 0.2) is 0 Å². The average molecular weight is 239 g/mol. The van der Waals surface area contributed by atoms with Crippen molar-refractivity contribution >= 4 is 21.7 Å². The Labute approximate surface area is 86.9 Å². The van der Waals surface area contributed by atoms with Gasteiger partial charge in [0.05, 0.1) is 5.54 Å². The van der Waals surface area contributed by atoms with Crippen LogP contribution in [0.3, 0.4) is 0 Å². The third kappa shape index (κ3) is 3.08. The second-order valence-electron chi connectivity index (χ2n) is 3.26. The maximum atomic E-state index is 5.33. The summed E-state index contributed by atoms with van der Waals surface area (Å²) in [4.78, 5) is 4.16. The summed E-state index contributed by atoms with van der Waals surface area (Å²) in [5, 5.41) is 3.13. The van der Waals surface area contributed by atoms with Crippen molar-refractivity contribution in [2.45, 2.75) is 19.4 Å². The first-order chi connectivity index (χ1) is 6.03. The van der Waals surface area contributed by atoms with Crippen molar-refractivity contribution in [2.24, 2.45) is 0 Å². The van der Waals surface area contributed by atoms with Crippen molar-refractivity contribution in [3.63, 3.8) is 0 Å². The van der Waals surface area contributed by atoms with Crippen LogP contribution in [0, 0.1) is 12.3 Å². The van der Waals surface area contributed by atoms with Gasteiger partial charge >= 0.3 is 0 Å². The molecule has 0 aliphatic heterocycles. The zero-order valence-corrected chi connectivity index (χ0v) is 9.22. The molecule has 0 atom stereocenters. The van der Waals surface area contributed by atoms with Crippen LogP contribution in [0.1, 0.15) is 13.8 Å². The molecule has 13 heavy (non-hydrogen) atoms. The number of anilines is 1. The van der Waals surface area contributed by atoms with Crippen LogP contribution < -0.4 is 5.32 Å². The molecule has 0 aliphatic rings. The van der Waals surface area contributed by atoms with Crippen LogP contribution in [0.5, 0.6) is 0 Å². The molecule has 68 valence electrons. The molecule has 0 bridgehead atoms. The van der Waals surface area contributed by atoms with Crippen LogP contribution in [0.2, 0.25) is 0 Å². The average Bonchev–Trinajstić information content (AvgIpc) is 2.09. The number of hydrogen-bond acceptors (Lipinski definition) is 2. The molecule has 0 saturated carbocycles. The summed E-state index contributed by atoms with van der Waals surface area (Å²) >= 11 is 3.31. The molecule has 0 spiro atoms. The number of rotatable bonds is 2. The van der Waals surface area contributed by atoms with Crippen LogP contribution in [-0.2, 0) is 0 Å². The van der Waals surface area contributed by atoms with E-state index in [4.69, 9.17) is 6.42 Å². The first-order valence-corrected chi connectivity index (χ1v) is 4.70. The fourth-order valence-electron chi connectivity index (χ4n) is 0.806. The molecule has 0 aromatic carbocycles. The molecule has 0 saturated heterocycles. The van der Waals surface area contributed by atoms with E-state index >= 15 is 0 Å². The van der Waals surface area contributed by atoms with Crippen LogP contribution in [0.4, 0.5) is 5.82 Å². The van der Waals surface area contributed by atoms with Crippen LogP contribution in [0.15, 0.2) is 22.8 Å². The maximum absolute atomic E-state index is 5.33. The standard InChI is InChI=1S/C10H11BrN2/c1-4-10(2,3)13-9-6-5-8(11)7-12-9/h1,5-7H,2-3H3,(H,12,13). The molecule has 1 rings (SSSR count). The van der Waals surface area contributed by atoms with E-state index in [1.54, 1.807) is 6.20 Å². The molecule has 1 aromatic rings. The van der Waals surface area contributed by atoms with Gasteiger partial charge in [-0.2, -0.15) is 0 Å². The van der Waals surface area contributed by atoms with Crippen molar-refractivity contribution in [1.29, 1.82) is 0 Å². The molecule has 3 heteroatoms. The maximum Gasteiger partial charge on any atom is 0.127 e. The van der Waals surface area contributed by atoms with E-state index in [0.29, 0.717) is 0 Å². The Morgan fingerprint density at radius 3 is 2.69 bits per heavy atom. The first-order valence-electron chi connectivity index (χ1n) is 3.91. The van der Waals surface area contributed by atoms with Crippen molar-refractivity contribution in [2.75, 3.05) is 5.32 Å².